The maximum atomic E-state index is 10.8. The highest BCUT2D eigenvalue weighted by Gasteiger charge is 2.44. The van der Waals surface area contributed by atoms with Gasteiger partial charge in [-0.15, -0.1) is 10.2 Å². The lowest BCUT2D eigenvalue weighted by Gasteiger charge is -2.35. The molecule has 1 aromatic carbocycles. The van der Waals surface area contributed by atoms with Gasteiger partial charge in [-0.3, -0.25) is 4.79 Å². The number of aromatic nitrogens is 5. The van der Waals surface area contributed by atoms with Crippen LogP contribution in [0.4, 0.5) is 10.8 Å². The Labute approximate surface area is 169 Å². The lowest BCUT2D eigenvalue weighted by Crippen LogP contribution is -2.46. The number of hydrogen-bond acceptors (Lipinski definition) is 8. The molecule has 3 aromatic rings. The summed E-state index contributed by atoms with van der Waals surface area (Å²) in [6, 6.07) is 8.83. The second-order valence-corrected chi connectivity index (χ2v) is 8.32. The van der Waals surface area contributed by atoms with Crippen LogP contribution in [0.1, 0.15) is 6.42 Å². The number of halogens is 1. The van der Waals surface area contributed by atoms with Gasteiger partial charge in [0.05, 0.1) is 17.1 Å². The summed E-state index contributed by atoms with van der Waals surface area (Å²) in [4.78, 5) is 21.9. The van der Waals surface area contributed by atoms with Gasteiger partial charge in [-0.1, -0.05) is 29.0 Å². The highest BCUT2D eigenvalue weighted by Crippen LogP contribution is 2.40. The summed E-state index contributed by atoms with van der Waals surface area (Å²) in [5, 5.41) is 22.3. The molecule has 144 valence electrons. The Bertz CT molecular complexity index is 1040. The minimum Gasteiger partial charge on any atom is -0.480 e. The highest BCUT2D eigenvalue weighted by molar-refractivity contribution is 7.18. The fraction of sp³-hybridized carbons (Fsp3) is 0.353. The van der Waals surface area contributed by atoms with Crippen LogP contribution in [0.25, 0.3) is 10.7 Å². The average Bonchev–Trinajstić information content (AvgIpc) is 3.43. The molecule has 0 amide bonds. The van der Waals surface area contributed by atoms with E-state index in [9.17, 15) is 4.79 Å². The van der Waals surface area contributed by atoms with Crippen molar-refractivity contribution in [3.8, 4) is 10.7 Å². The Kier molecular flexibility index (Phi) is 4.17. The van der Waals surface area contributed by atoms with Crippen LogP contribution in [0.15, 0.2) is 30.5 Å². The van der Waals surface area contributed by atoms with Gasteiger partial charge in [-0.25, -0.2) is 4.98 Å². The predicted octanol–water partition coefficient (Wildman–Crippen LogP) is 2.00. The summed E-state index contributed by atoms with van der Waals surface area (Å²) < 4.78 is 0. The lowest BCUT2D eigenvalue weighted by molar-refractivity contribution is -0.138. The zero-order valence-corrected chi connectivity index (χ0v) is 16.2. The monoisotopic (exact) mass is 417 g/mol. The van der Waals surface area contributed by atoms with Crippen molar-refractivity contribution in [2.45, 2.75) is 25.0 Å². The highest BCUT2D eigenvalue weighted by atomic mass is 35.5. The molecule has 0 spiro atoms. The molecule has 0 unspecified atom stereocenters. The van der Waals surface area contributed by atoms with Crippen LogP contribution in [0.2, 0.25) is 5.02 Å². The quantitative estimate of drug-likeness (QED) is 0.672. The van der Waals surface area contributed by atoms with Crippen LogP contribution < -0.4 is 9.80 Å². The van der Waals surface area contributed by atoms with Crippen LogP contribution in [0.3, 0.4) is 0 Å². The standard InChI is InChI=1S/C17H16ClN7O2S/c18-10-2-1-3-11(4-10)23-7-13-5-12(23)8-24(13)17-19-6-14(28-17)16-20-22-25(21-16)9-15(26)27/h1-4,6,12-13H,5,7-9H2,(H,26,27)/t12-,13-/m1/s1. The van der Waals surface area contributed by atoms with Crippen LogP contribution in [-0.2, 0) is 11.3 Å². The number of carboxylic acids is 1. The van der Waals surface area contributed by atoms with Crippen molar-refractivity contribution in [2.75, 3.05) is 22.9 Å². The van der Waals surface area contributed by atoms with E-state index in [4.69, 9.17) is 16.7 Å². The van der Waals surface area contributed by atoms with E-state index in [1.165, 1.54) is 17.0 Å². The van der Waals surface area contributed by atoms with Crippen LogP contribution in [0.5, 0.6) is 0 Å². The number of aliphatic carboxylic acids is 1. The van der Waals surface area contributed by atoms with Gasteiger partial charge in [0, 0.05) is 29.8 Å². The third-order valence-corrected chi connectivity index (χ3v) is 6.34. The van der Waals surface area contributed by atoms with Crippen molar-refractivity contribution in [1.82, 2.24) is 25.2 Å². The van der Waals surface area contributed by atoms with Gasteiger partial charge in [0.25, 0.3) is 0 Å². The molecule has 5 rings (SSSR count). The largest absolute Gasteiger partial charge is 0.480 e. The van der Waals surface area contributed by atoms with Crippen LogP contribution in [0, 0.1) is 0 Å². The number of benzene rings is 1. The predicted molar refractivity (Wildman–Crippen MR) is 105 cm³/mol. The number of thiazole rings is 1. The topological polar surface area (TPSA) is 100 Å². The number of fused-ring (bicyclic) bond motifs is 2. The molecular weight excluding hydrogens is 402 g/mol. The first-order chi connectivity index (χ1) is 13.6. The van der Waals surface area contributed by atoms with Gasteiger partial charge in [-0.05, 0) is 29.8 Å². The van der Waals surface area contributed by atoms with E-state index in [2.05, 4.69) is 36.3 Å². The maximum absolute atomic E-state index is 10.8. The van der Waals surface area contributed by atoms with Crippen LogP contribution in [-0.4, -0.2) is 61.4 Å². The molecule has 0 aliphatic carbocycles. The molecule has 2 aliphatic rings. The number of nitrogens with zero attached hydrogens (tertiary/aromatic N) is 7. The second kappa shape index (κ2) is 6.71. The second-order valence-electron chi connectivity index (χ2n) is 6.87. The van der Waals surface area contributed by atoms with Crippen molar-refractivity contribution >= 4 is 39.7 Å². The molecule has 9 nitrogen and oxygen atoms in total. The average molecular weight is 418 g/mol. The summed E-state index contributed by atoms with van der Waals surface area (Å²) in [6.07, 6.45) is 2.82. The minimum absolute atomic E-state index is 0.312. The molecule has 2 fully saturated rings. The van der Waals surface area contributed by atoms with E-state index in [0.717, 1.165) is 39.3 Å². The maximum Gasteiger partial charge on any atom is 0.327 e. The van der Waals surface area contributed by atoms with Crippen molar-refractivity contribution in [3.05, 3.63) is 35.5 Å². The summed E-state index contributed by atoms with van der Waals surface area (Å²) in [6.45, 7) is 1.53. The van der Waals surface area contributed by atoms with Crippen molar-refractivity contribution in [3.63, 3.8) is 0 Å². The van der Waals surface area contributed by atoms with E-state index >= 15 is 0 Å². The van der Waals surface area contributed by atoms with Crippen molar-refractivity contribution in [1.29, 1.82) is 0 Å². The lowest BCUT2D eigenvalue weighted by atomic mass is 10.2. The summed E-state index contributed by atoms with van der Waals surface area (Å²) >= 11 is 7.65. The zero-order valence-electron chi connectivity index (χ0n) is 14.6. The number of hydrogen-bond donors (Lipinski definition) is 1. The van der Waals surface area contributed by atoms with Gasteiger partial charge in [0.15, 0.2) is 11.7 Å². The number of piperazine rings is 1. The Hall–Kier alpha value is -2.72. The van der Waals surface area contributed by atoms with Gasteiger partial charge < -0.3 is 14.9 Å². The third kappa shape index (κ3) is 3.08. The van der Waals surface area contributed by atoms with E-state index in [0.29, 0.717) is 17.9 Å². The van der Waals surface area contributed by atoms with Gasteiger partial charge in [-0.2, -0.15) is 4.80 Å². The fourth-order valence-corrected chi connectivity index (χ4v) is 5.01. The molecule has 2 atom stereocenters. The van der Waals surface area contributed by atoms with Crippen molar-refractivity contribution < 1.29 is 9.90 Å². The molecule has 2 aliphatic heterocycles. The first-order valence-electron chi connectivity index (χ1n) is 8.81. The molecule has 2 aromatic heterocycles. The Morgan fingerprint density at radius 1 is 1.29 bits per heavy atom. The van der Waals surface area contributed by atoms with Crippen LogP contribution >= 0.6 is 22.9 Å². The Morgan fingerprint density at radius 2 is 2.11 bits per heavy atom. The molecule has 1 N–H and O–H groups in total. The zero-order chi connectivity index (χ0) is 19.3. The van der Waals surface area contributed by atoms with E-state index in [-0.39, 0.29) is 6.54 Å². The fourth-order valence-electron chi connectivity index (χ4n) is 3.90. The molecular formula is C17H16ClN7O2S. The van der Waals surface area contributed by atoms with Crippen molar-refractivity contribution in [2.24, 2.45) is 0 Å². The molecule has 28 heavy (non-hydrogen) atoms. The SMILES string of the molecule is O=C(O)Cn1nnc(-c2cnc(N3C[C@H]4C[C@@H]3CN4c3cccc(Cl)c3)s2)n1. The van der Waals surface area contributed by atoms with Gasteiger partial charge >= 0.3 is 5.97 Å². The van der Waals surface area contributed by atoms with E-state index < -0.39 is 5.97 Å². The summed E-state index contributed by atoms with van der Waals surface area (Å²) in [5.41, 5.74) is 1.17. The van der Waals surface area contributed by atoms with Gasteiger partial charge in [0.2, 0.25) is 5.82 Å². The Morgan fingerprint density at radius 3 is 2.86 bits per heavy atom. The summed E-state index contributed by atoms with van der Waals surface area (Å²) in [7, 11) is 0. The molecule has 11 heteroatoms. The first-order valence-corrected chi connectivity index (χ1v) is 10.0. The molecule has 2 bridgehead atoms. The molecule has 4 heterocycles. The molecule has 0 radical (unpaired) electrons. The van der Waals surface area contributed by atoms with Gasteiger partial charge in [0.1, 0.15) is 0 Å². The minimum atomic E-state index is -1.01. The first kappa shape index (κ1) is 17.4. The number of carboxylic acid groups (broad SMARTS) is 1. The van der Waals surface area contributed by atoms with E-state index in [1.807, 2.05) is 18.2 Å². The Balaban J connectivity index is 1.30. The third-order valence-electron chi connectivity index (χ3n) is 5.07. The number of carbonyl (C=O) groups is 1. The number of rotatable bonds is 5. The number of anilines is 2. The normalized spacial score (nSPS) is 20.9. The summed E-state index contributed by atoms with van der Waals surface area (Å²) in [5.74, 6) is -0.610. The van der Waals surface area contributed by atoms with E-state index in [1.54, 1.807) is 6.20 Å². The number of tetrazole rings is 1. The molecule has 2 saturated heterocycles. The smallest absolute Gasteiger partial charge is 0.327 e. The molecule has 0 saturated carbocycles.